The van der Waals surface area contributed by atoms with Gasteiger partial charge in [0.1, 0.15) is 0 Å². The van der Waals surface area contributed by atoms with E-state index in [1.165, 1.54) is 0 Å². The fourth-order valence-electron chi connectivity index (χ4n) is 2.33. The zero-order chi connectivity index (χ0) is 13.8. The zero-order valence-electron chi connectivity index (χ0n) is 10.9. The van der Waals surface area contributed by atoms with Crippen molar-refractivity contribution < 1.29 is 9.90 Å². The average Bonchev–Trinajstić information content (AvgIpc) is 2.42. The lowest BCUT2D eigenvalue weighted by Crippen LogP contribution is -2.45. The minimum absolute atomic E-state index is 0.157. The summed E-state index contributed by atoms with van der Waals surface area (Å²) in [6.45, 7) is 0. The Morgan fingerprint density at radius 2 is 2.16 bits per heavy atom. The Hall–Kier alpha value is -0.710. The van der Waals surface area contributed by atoms with Gasteiger partial charge in [-0.2, -0.15) is 0 Å². The third-order valence-corrected chi connectivity index (χ3v) is 4.52. The number of aliphatic hydroxyl groups excluding tert-OH is 1. The highest BCUT2D eigenvalue weighted by Gasteiger charge is 2.25. The molecule has 0 radical (unpaired) electrons. The normalized spacial score (nSPS) is 23.1. The maximum Gasteiger partial charge on any atom is 0.253 e. The summed E-state index contributed by atoms with van der Waals surface area (Å²) in [5, 5.41) is 13.2. The van der Waals surface area contributed by atoms with Crippen LogP contribution in [0.25, 0.3) is 0 Å². The summed E-state index contributed by atoms with van der Waals surface area (Å²) in [7, 11) is 0. The van der Waals surface area contributed by atoms with Crippen LogP contribution in [-0.4, -0.2) is 29.4 Å². The first-order valence-electron chi connectivity index (χ1n) is 6.44. The van der Waals surface area contributed by atoms with Crippen LogP contribution in [0.15, 0.2) is 23.1 Å². The van der Waals surface area contributed by atoms with Crippen LogP contribution in [0.4, 0.5) is 0 Å². The highest BCUT2D eigenvalue weighted by molar-refractivity contribution is 7.98. The molecule has 5 heteroatoms. The summed E-state index contributed by atoms with van der Waals surface area (Å²) < 4.78 is 0. The molecular weight excluding hydrogens is 282 g/mol. The van der Waals surface area contributed by atoms with E-state index in [1.807, 2.05) is 12.3 Å². The summed E-state index contributed by atoms with van der Waals surface area (Å²) in [5.74, 6) is -0.202. The molecular formula is C14H18ClNO2S. The fraction of sp³-hybridized carbons (Fsp3) is 0.500. The maximum absolute atomic E-state index is 12.2. The van der Waals surface area contributed by atoms with Crippen LogP contribution in [0, 0.1) is 0 Å². The van der Waals surface area contributed by atoms with Gasteiger partial charge in [0.15, 0.2) is 0 Å². The Bertz CT molecular complexity index is 467. The quantitative estimate of drug-likeness (QED) is 0.843. The van der Waals surface area contributed by atoms with Crippen molar-refractivity contribution in [2.24, 2.45) is 0 Å². The van der Waals surface area contributed by atoms with E-state index in [-0.39, 0.29) is 11.9 Å². The van der Waals surface area contributed by atoms with Gasteiger partial charge in [-0.05, 0) is 37.3 Å². The van der Waals surface area contributed by atoms with Crippen molar-refractivity contribution in [3.8, 4) is 0 Å². The van der Waals surface area contributed by atoms with Gasteiger partial charge in [0, 0.05) is 4.90 Å². The van der Waals surface area contributed by atoms with Gasteiger partial charge in [0.2, 0.25) is 0 Å². The van der Waals surface area contributed by atoms with E-state index in [1.54, 1.807) is 23.9 Å². The molecule has 19 heavy (non-hydrogen) atoms. The number of hydrogen-bond acceptors (Lipinski definition) is 3. The van der Waals surface area contributed by atoms with Crippen molar-refractivity contribution in [1.82, 2.24) is 5.32 Å². The van der Waals surface area contributed by atoms with Gasteiger partial charge in [-0.25, -0.2) is 0 Å². The second kappa shape index (κ2) is 6.64. The Morgan fingerprint density at radius 1 is 1.42 bits per heavy atom. The monoisotopic (exact) mass is 299 g/mol. The highest BCUT2D eigenvalue weighted by Crippen LogP contribution is 2.24. The third kappa shape index (κ3) is 3.65. The predicted molar refractivity (Wildman–Crippen MR) is 79.0 cm³/mol. The second-order valence-electron chi connectivity index (χ2n) is 4.78. The van der Waals surface area contributed by atoms with Gasteiger partial charge in [-0.1, -0.05) is 24.4 Å². The molecule has 2 rings (SSSR count). The molecule has 1 aliphatic carbocycles. The van der Waals surface area contributed by atoms with E-state index in [0.29, 0.717) is 10.6 Å². The highest BCUT2D eigenvalue weighted by atomic mass is 35.5. The van der Waals surface area contributed by atoms with Gasteiger partial charge in [0.25, 0.3) is 5.91 Å². The molecule has 104 valence electrons. The van der Waals surface area contributed by atoms with Crippen molar-refractivity contribution in [3.05, 3.63) is 28.8 Å². The molecule has 1 aliphatic rings. The van der Waals surface area contributed by atoms with Crippen LogP contribution in [0.3, 0.4) is 0 Å². The van der Waals surface area contributed by atoms with Gasteiger partial charge < -0.3 is 10.4 Å². The van der Waals surface area contributed by atoms with Gasteiger partial charge in [-0.15, -0.1) is 11.8 Å². The molecule has 1 aromatic rings. The number of carbonyl (C=O) groups excluding carboxylic acids is 1. The summed E-state index contributed by atoms with van der Waals surface area (Å²) in [4.78, 5) is 13.2. The van der Waals surface area contributed by atoms with E-state index < -0.39 is 6.10 Å². The first-order valence-corrected chi connectivity index (χ1v) is 8.04. The van der Waals surface area contributed by atoms with Crippen LogP contribution in [0.1, 0.15) is 36.0 Å². The Labute approximate surface area is 122 Å². The van der Waals surface area contributed by atoms with Crippen LogP contribution in [-0.2, 0) is 0 Å². The first kappa shape index (κ1) is 14.7. The minimum Gasteiger partial charge on any atom is -0.391 e. The molecule has 0 bridgehead atoms. The number of rotatable bonds is 3. The predicted octanol–water partition coefficient (Wildman–Crippen LogP) is 3.10. The van der Waals surface area contributed by atoms with Crippen molar-refractivity contribution >= 4 is 29.3 Å². The van der Waals surface area contributed by atoms with Gasteiger partial charge in [-0.3, -0.25) is 4.79 Å². The number of aliphatic hydroxyl groups is 1. The molecule has 3 nitrogen and oxygen atoms in total. The number of carbonyl (C=O) groups is 1. The van der Waals surface area contributed by atoms with Gasteiger partial charge in [0.05, 0.1) is 22.7 Å². The first-order chi connectivity index (χ1) is 9.11. The van der Waals surface area contributed by atoms with Crippen molar-refractivity contribution in [2.45, 2.75) is 42.7 Å². The van der Waals surface area contributed by atoms with Crippen LogP contribution in [0.5, 0.6) is 0 Å². The average molecular weight is 300 g/mol. The van der Waals surface area contributed by atoms with Crippen molar-refractivity contribution in [2.75, 3.05) is 6.26 Å². The number of thioether (sulfide) groups is 1. The number of benzene rings is 1. The number of amides is 1. The lowest BCUT2D eigenvalue weighted by Gasteiger charge is -2.28. The summed E-state index contributed by atoms with van der Waals surface area (Å²) in [5.41, 5.74) is 0.478. The Morgan fingerprint density at radius 3 is 2.84 bits per heavy atom. The van der Waals surface area contributed by atoms with Crippen LogP contribution < -0.4 is 5.32 Å². The molecule has 2 N–H and O–H groups in total. The molecule has 1 fully saturated rings. The lowest BCUT2D eigenvalue weighted by atomic mass is 9.92. The third-order valence-electron chi connectivity index (χ3n) is 3.46. The van der Waals surface area contributed by atoms with E-state index in [9.17, 15) is 9.90 Å². The van der Waals surface area contributed by atoms with Crippen molar-refractivity contribution in [3.63, 3.8) is 0 Å². The Balaban J connectivity index is 2.10. The number of nitrogens with one attached hydrogen (secondary N) is 1. The fourth-order valence-corrected chi connectivity index (χ4v) is 2.97. The standard InChI is InChI=1S/C14H18ClNO2S/c1-19-9-6-7-11(15)10(8-9)14(18)16-12-4-2-3-5-13(12)17/h6-8,12-13,17H,2-5H2,1H3,(H,16,18). The van der Waals surface area contributed by atoms with Gasteiger partial charge >= 0.3 is 0 Å². The largest absolute Gasteiger partial charge is 0.391 e. The summed E-state index contributed by atoms with van der Waals surface area (Å²) >= 11 is 7.64. The number of halogens is 1. The lowest BCUT2D eigenvalue weighted by molar-refractivity contribution is 0.0717. The number of hydrogen-bond donors (Lipinski definition) is 2. The van der Waals surface area contributed by atoms with E-state index in [4.69, 9.17) is 11.6 Å². The Kier molecular flexibility index (Phi) is 5.13. The minimum atomic E-state index is -0.444. The SMILES string of the molecule is CSc1ccc(Cl)c(C(=O)NC2CCCCC2O)c1. The zero-order valence-corrected chi connectivity index (χ0v) is 12.4. The molecule has 0 spiro atoms. The molecule has 1 saturated carbocycles. The topological polar surface area (TPSA) is 49.3 Å². The molecule has 1 amide bonds. The van der Waals surface area contributed by atoms with E-state index in [2.05, 4.69) is 5.32 Å². The summed E-state index contributed by atoms with van der Waals surface area (Å²) in [6.07, 6.45) is 5.16. The molecule has 0 aliphatic heterocycles. The van der Waals surface area contributed by atoms with E-state index >= 15 is 0 Å². The van der Waals surface area contributed by atoms with Crippen LogP contribution >= 0.6 is 23.4 Å². The van der Waals surface area contributed by atoms with Crippen molar-refractivity contribution in [1.29, 1.82) is 0 Å². The summed E-state index contributed by atoms with van der Waals surface area (Å²) in [6, 6.07) is 5.26. The van der Waals surface area contributed by atoms with E-state index in [0.717, 1.165) is 30.6 Å². The van der Waals surface area contributed by atoms with Crippen LogP contribution in [0.2, 0.25) is 5.02 Å². The molecule has 0 saturated heterocycles. The molecule has 0 aromatic heterocycles. The smallest absolute Gasteiger partial charge is 0.253 e. The maximum atomic E-state index is 12.2. The molecule has 1 aromatic carbocycles. The second-order valence-corrected chi connectivity index (χ2v) is 6.06. The molecule has 0 heterocycles. The molecule has 2 atom stereocenters. The molecule has 2 unspecified atom stereocenters.